The molecule has 3 aliphatic rings. The highest BCUT2D eigenvalue weighted by Crippen LogP contribution is 2.39. The van der Waals surface area contributed by atoms with E-state index in [4.69, 9.17) is 4.74 Å². The van der Waals surface area contributed by atoms with E-state index in [0.29, 0.717) is 18.5 Å². The Kier molecular flexibility index (Phi) is 6.05. The third kappa shape index (κ3) is 4.34. The van der Waals surface area contributed by atoms with Gasteiger partial charge in [0.25, 0.3) is 5.91 Å². The summed E-state index contributed by atoms with van der Waals surface area (Å²) in [5, 5.41) is -0.502. The molecule has 7 heteroatoms. The summed E-state index contributed by atoms with van der Waals surface area (Å²) < 4.78 is 34.1. The highest BCUT2D eigenvalue weighted by atomic mass is 32.2. The molecule has 0 aromatic heterocycles. The van der Waals surface area contributed by atoms with E-state index in [-0.39, 0.29) is 17.4 Å². The Bertz CT molecular complexity index is 1090. The molecule has 3 fully saturated rings. The van der Waals surface area contributed by atoms with Crippen molar-refractivity contribution < 1.29 is 17.9 Å². The lowest BCUT2D eigenvalue weighted by molar-refractivity contribution is 0.0765. The highest BCUT2D eigenvalue weighted by molar-refractivity contribution is 7.89. The van der Waals surface area contributed by atoms with E-state index < -0.39 is 15.3 Å². The zero-order valence-corrected chi connectivity index (χ0v) is 20.0. The number of carbonyl (C=O) groups is 1. The van der Waals surface area contributed by atoms with E-state index in [2.05, 4.69) is 0 Å². The van der Waals surface area contributed by atoms with E-state index >= 15 is 0 Å². The van der Waals surface area contributed by atoms with Crippen LogP contribution >= 0.6 is 0 Å². The Hall–Kier alpha value is -2.22. The first kappa shape index (κ1) is 22.6. The number of carbonyl (C=O) groups excluding carboxylic acids is 1. The first-order valence-electron chi connectivity index (χ1n) is 11.9. The number of nitrogens with zero attached hydrogens (tertiary/aromatic N) is 2. The number of ether oxygens (including phenoxy) is 1. The average Bonchev–Trinajstić information content (AvgIpc) is 3.47. The summed E-state index contributed by atoms with van der Waals surface area (Å²) in [6, 6.07) is 16.9. The Morgan fingerprint density at radius 3 is 2.52 bits per heavy atom. The summed E-state index contributed by atoms with van der Waals surface area (Å²) in [5.41, 5.74) is 2.56. The molecule has 33 heavy (non-hydrogen) atoms. The average molecular weight is 469 g/mol. The van der Waals surface area contributed by atoms with Gasteiger partial charge in [0, 0.05) is 43.3 Å². The molecule has 0 N–H and O–H groups in total. The summed E-state index contributed by atoms with van der Waals surface area (Å²) in [7, 11) is -3.47. The van der Waals surface area contributed by atoms with Crippen LogP contribution in [0.4, 0.5) is 0 Å². The van der Waals surface area contributed by atoms with Crippen molar-refractivity contribution in [2.75, 3.05) is 26.3 Å². The SMILES string of the molecule is C[C@H]1CCC(c2ccccc2)S(=O)(=O)N1Cc1ccc(C(=O)N2CCC3(CCOC3)C2)cc1. The van der Waals surface area contributed by atoms with Gasteiger partial charge < -0.3 is 9.64 Å². The summed E-state index contributed by atoms with van der Waals surface area (Å²) in [6.07, 6.45) is 3.50. The minimum absolute atomic E-state index is 0.0495. The van der Waals surface area contributed by atoms with Gasteiger partial charge in [0.1, 0.15) is 5.25 Å². The molecule has 0 bridgehead atoms. The van der Waals surface area contributed by atoms with Crippen molar-refractivity contribution in [3.8, 4) is 0 Å². The van der Waals surface area contributed by atoms with Gasteiger partial charge in [-0.2, -0.15) is 4.31 Å². The van der Waals surface area contributed by atoms with E-state index in [1.807, 2.05) is 66.4 Å². The molecule has 2 aromatic carbocycles. The molecular formula is C26H32N2O4S. The van der Waals surface area contributed by atoms with Crippen molar-refractivity contribution in [2.45, 2.75) is 50.4 Å². The molecule has 6 nitrogen and oxygen atoms in total. The molecule has 3 aliphatic heterocycles. The molecule has 1 spiro atoms. The summed E-state index contributed by atoms with van der Waals surface area (Å²) in [6.45, 7) is 5.38. The smallest absolute Gasteiger partial charge is 0.253 e. The minimum Gasteiger partial charge on any atom is -0.381 e. The van der Waals surface area contributed by atoms with Gasteiger partial charge in [0.15, 0.2) is 0 Å². The fraction of sp³-hybridized carbons (Fsp3) is 0.500. The van der Waals surface area contributed by atoms with Gasteiger partial charge >= 0.3 is 0 Å². The van der Waals surface area contributed by atoms with Gasteiger partial charge in [0.05, 0.1) is 6.61 Å². The number of rotatable bonds is 4. The molecule has 176 valence electrons. The lowest BCUT2D eigenvalue weighted by atomic mass is 9.87. The monoisotopic (exact) mass is 468 g/mol. The minimum atomic E-state index is -3.47. The van der Waals surface area contributed by atoms with Crippen LogP contribution in [0.5, 0.6) is 0 Å². The third-order valence-electron chi connectivity index (χ3n) is 7.65. The normalized spacial score (nSPS) is 29.5. The molecule has 0 aliphatic carbocycles. The number of likely N-dealkylation sites (tertiary alicyclic amines) is 1. The Morgan fingerprint density at radius 1 is 1.06 bits per heavy atom. The molecule has 0 radical (unpaired) electrons. The van der Waals surface area contributed by atoms with Crippen LogP contribution in [0.1, 0.15) is 59.3 Å². The second-order valence-electron chi connectivity index (χ2n) is 9.89. The van der Waals surface area contributed by atoms with Crippen LogP contribution in [0, 0.1) is 5.41 Å². The second kappa shape index (κ2) is 8.85. The first-order valence-corrected chi connectivity index (χ1v) is 13.4. The third-order valence-corrected chi connectivity index (χ3v) is 10.0. The molecular weight excluding hydrogens is 436 g/mol. The summed E-state index contributed by atoms with van der Waals surface area (Å²) in [5.74, 6) is 0.0495. The molecule has 3 atom stereocenters. The summed E-state index contributed by atoms with van der Waals surface area (Å²) in [4.78, 5) is 15.0. The predicted octanol–water partition coefficient (Wildman–Crippen LogP) is 3.99. The van der Waals surface area contributed by atoms with Crippen molar-refractivity contribution in [1.29, 1.82) is 0 Å². The van der Waals surface area contributed by atoms with Gasteiger partial charge in [-0.05, 0) is 55.9 Å². The van der Waals surface area contributed by atoms with Crippen molar-refractivity contribution in [3.05, 3.63) is 71.3 Å². The largest absolute Gasteiger partial charge is 0.381 e. The number of sulfonamides is 1. The number of amides is 1. The number of hydrogen-bond acceptors (Lipinski definition) is 4. The van der Waals surface area contributed by atoms with Gasteiger partial charge in [-0.1, -0.05) is 42.5 Å². The van der Waals surface area contributed by atoms with Crippen LogP contribution < -0.4 is 0 Å². The maximum atomic E-state index is 13.5. The van der Waals surface area contributed by atoms with Crippen LogP contribution in [-0.4, -0.2) is 55.9 Å². The van der Waals surface area contributed by atoms with Crippen LogP contribution in [0.3, 0.4) is 0 Å². The van der Waals surface area contributed by atoms with Crippen LogP contribution in [0.25, 0.3) is 0 Å². The molecule has 3 saturated heterocycles. The van der Waals surface area contributed by atoms with E-state index in [1.54, 1.807) is 4.31 Å². The van der Waals surface area contributed by atoms with Gasteiger partial charge in [-0.15, -0.1) is 0 Å². The lowest BCUT2D eigenvalue weighted by Gasteiger charge is -2.37. The standard InChI is InChI=1S/C26H32N2O4S/c1-20-7-12-24(22-5-3-2-4-6-22)33(30,31)28(20)17-21-8-10-23(11-9-21)25(29)27-15-13-26(18-27)14-16-32-19-26/h2-6,8-11,20,24H,7,12-19H2,1H3/t20-,24?,26?/m0/s1. The van der Waals surface area contributed by atoms with Crippen molar-refractivity contribution in [1.82, 2.24) is 9.21 Å². The first-order chi connectivity index (χ1) is 15.9. The fourth-order valence-electron chi connectivity index (χ4n) is 5.55. The van der Waals surface area contributed by atoms with Gasteiger partial charge in [-0.3, -0.25) is 4.79 Å². The zero-order valence-electron chi connectivity index (χ0n) is 19.2. The topological polar surface area (TPSA) is 66.9 Å². The molecule has 3 heterocycles. The summed E-state index contributed by atoms with van der Waals surface area (Å²) >= 11 is 0. The number of benzene rings is 2. The van der Waals surface area contributed by atoms with Gasteiger partial charge in [-0.25, -0.2) is 8.42 Å². The Balaban J connectivity index is 1.29. The van der Waals surface area contributed by atoms with Crippen LogP contribution in [-0.2, 0) is 21.3 Å². The Morgan fingerprint density at radius 2 is 1.82 bits per heavy atom. The van der Waals surface area contributed by atoms with Gasteiger partial charge in [0.2, 0.25) is 10.0 Å². The lowest BCUT2D eigenvalue weighted by Crippen LogP contribution is -2.44. The van der Waals surface area contributed by atoms with E-state index in [1.165, 1.54) is 0 Å². The molecule has 0 saturated carbocycles. The molecule has 2 unspecified atom stereocenters. The van der Waals surface area contributed by atoms with E-state index in [0.717, 1.165) is 56.7 Å². The van der Waals surface area contributed by atoms with Crippen LogP contribution in [0.2, 0.25) is 0 Å². The highest BCUT2D eigenvalue weighted by Gasteiger charge is 2.43. The van der Waals surface area contributed by atoms with Crippen molar-refractivity contribution in [3.63, 3.8) is 0 Å². The van der Waals surface area contributed by atoms with Crippen molar-refractivity contribution >= 4 is 15.9 Å². The maximum absolute atomic E-state index is 13.5. The Labute approximate surface area is 196 Å². The molecule has 1 amide bonds. The van der Waals surface area contributed by atoms with Crippen molar-refractivity contribution in [2.24, 2.45) is 5.41 Å². The predicted molar refractivity (Wildman–Crippen MR) is 127 cm³/mol. The quantitative estimate of drug-likeness (QED) is 0.680. The second-order valence-corrected chi connectivity index (χ2v) is 12.0. The maximum Gasteiger partial charge on any atom is 0.253 e. The number of hydrogen-bond donors (Lipinski definition) is 0. The van der Waals surface area contributed by atoms with Crippen LogP contribution in [0.15, 0.2) is 54.6 Å². The van der Waals surface area contributed by atoms with E-state index in [9.17, 15) is 13.2 Å². The molecule has 2 aromatic rings. The zero-order chi connectivity index (χ0) is 23.1. The molecule has 5 rings (SSSR count). The fourth-order valence-corrected chi connectivity index (χ4v) is 7.74.